The monoisotopic (exact) mass is 543 g/mol. The minimum atomic E-state index is -1.34. The number of hydrogen-bond donors (Lipinski definition) is 3. The molecule has 3 heterocycles. The van der Waals surface area contributed by atoms with E-state index in [1.54, 1.807) is 6.92 Å². The Bertz CT molecular complexity index is 1090. The maximum absolute atomic E-state index is 12.0. The predicted octanol–water partition coefficient (Wildman–Crippen LogP) is 2.29. The number of ketones is 1. The van der Waals surface area contributed by atoms with Crippen LogP contribution in [0.5, 0.6) is 0 Å². The highest BCUT2D eigenvalue weighted by molar-refractivity contribution is 14.1. The Morgan fingerprint density at radius 1 is 1.33 bits per heavy atom. The number of rotatable bonds is 6. The van der Waals surface area contributed by atoms with Crippen molar-refractivity contribution >= 4 is 57.0 Å². The van der Waals surface area contributed by atoms with Crippen molar-refractivity contribution in [1.82, 2.24) is 19.5 Å². The smallest absolute Gasteiger partial charge is 0.226 e. The van der Waals surface area contributed by atoms with Gasteiger partial charge in [0.05, 0.1) is 6.33 Å². The van der Waals surface area contributed by atoms with Crippen LogP contribution in [0.4, 0.5) is 5.82 Å². The van der Waals surface area contributed by atoms with Gasteiger partial charge < -0.3 is 20.3 Å². The molecule has 30 heavy (non-hydrogen) atoms. The van der Waals surface area contributed by atoms with Crippen LogP contribution in [0.25, 0.3) is 11.2 Å². The highest BCUT2D eigenvalue weighted by atomic mass is 127. The minimum Gasteiger partial charge on any atom is -0.387 e. The molecule has 0 amide bonds. The van der Waals surface area contributed by atoms with Crippen molar-refractivity contribution in [3.63, 3.8) is 0 Å². The maximum Gasteiger partial charge on any atom is 0.226 e. The maximum atomic E-state index is 12.0. The van der Waals surface area contributed by atoms with Gasteiger partial charge >= 0.3 is 0 Å². The van der Waals surface area contributed by atoms with Gasteiger partial charge in [0.25, 0.3) is 0 Å². The average molecular weight is 544 g/mol. The van der Waals surface area contributed by atoms with Crippen LogP contribution in [0, 0.1) is 3.57 Å². The molecule has 0 spiro atoms. The van der Waals surface area contributed by atoms with Gasteiger partial charge in [-0.2, -0.15) is 9.97 Å². The topological polar surface area (TPSA) is 122 Å². The van der Waals surface area contributed by atoms with Crippen LogP contribution in [-0.2, 0) is 16.1 Å². The Morgan fingerprint density at radius 3 is 2.87 bits per heavy atom. The number of nitrogens with zero attached hydrogens (tertiary/aromatic N) is 4. The molecular formula is C19H19ClIN5O4. The summed E-state index contributed by atoms with van der Waals surface area (Å²) in [5.41, 5.74) is 1.81. The van der Waals surface area contributed by atoms with Gasteiger partial charge in [-0.3, -0.25) is 9.36 Å². The Kier molecular flexibility index (Phi) is 6.21. The van der Waals surface area contributed by atoms with E-state index in [9.17, 15) is 15.0 Å². The fourth-order valence-electron chi connectivity index (χ4n) is 3.39. The molecule has 1 aliphatic heterocycles. The minimum absolute atomic E-state index is 0.0105. The molecule has 11 heteroatoms. The second kappa shape index (κ2) is 8.71. The van der Waals surface area contributed by atoms with Gasteiger partial charge in [-0.05, 0) is 51.9 Å². The van der Waals surface area contributed by atoms with Crippen molar-refractivity contribution in [3.05, 3.63) is 45.0 Å². The van der Waals surface area contributed by atoms with Gasteiger partial charge in [-0.15, -0.1) is 0 Å². The molecule has 1 aliphatic rings. The summed E-state index contributed by atoms with van der Waals surface area (Å²) >= 11 is 8.37. The normalized spacial score (nSPS) is 23.8. The molecule has 0 unspecified atom stereocenters. The van der Waals surface area contributed by atoms with Gasteiger partial charge in [0.1, 0.15) is 18.3 Å². The van der Waals surface area contributed by atoms with Gasteiger partial charge in [-0.25, -0.2) is 4.98 Å². The number of aromatic nitrogens is 4. The number of imidazole rings is 1. The van der Waals surface area contributed by atoms with E-state index in [1.165, 1.54) is 10.9 Å². The number of benzene rings is 1. The Labute approximate surface area is 190 Å². The lowest BCUT2D eigenvalue weighted by Crippen LogP contribution is -2.35. The number of carbonyl (C=O) groups excluding carboxylic acids is 1. The molecule has 0 radical (unpaired) electrons. The Balaban J connectivity index is 1.64. The highest BCUT2D eigenvalue weighted by Crippen LogP contribution is 2.33. The molecular weight excluding hydrogens is 525 g/mol. The molecule has 1 aromatic carbocycles. The number of aliphatic hydroxyl groups excluding tert-OH is 2. The number of halogens is 2. The van der Waals surface area contributed by atoms with Crippen LogP contribution in [0.3, 0.4) is 0 Å². The van der Waals surface area contributed by atoms with Crippen LogP contribution < -0.4 is 5.32 Å². The van der Waals surface area contributed by atoms with Gasteiger partial charge in [0.2, 0.25) is 5.28 Å². The van der Waals surface area contributed by atoms with Gasteiger partial charge in [0.15, 0.2) is 29.0 Å². The number of nitrogens with one attached hydrogen (secondary N) is 1. The molecule has 4 atom stereocenters. The lowest BCUT2D eigenvalue weighted by Gasteiger charge is -2.16. The number of ether oxygens (including phenoxy) is 1. The second-order valence-electron chi connectivity index (χ2n) is 6.90. The van der Waals surface area contributed by atoms with E-state index in [0.29, 0.717) is 23.5 Å². The zero-order valence-electron chi connectivity index (χ0n) is 15.9. The van der Waals surface area contributed by atoms with E-state index in [4.69, 9.17) is 16.3 Å². The number of hydrogen-bond acceptors (Lipinski definition) is 8. The van der Waals surface area contributed by atoms with Crippen molar-refractivity contribution < 1.29 is 19.7 Å². The molecule has 3 N–H and O–H groups in total. The first-order valence-electron chi connectivity index (χ1n) is 9.31. The van der Waals surface area contributed by atoms with E-state index < -0.39 is 24.5 Å². The summed E-state index contributed by atoms with van der Waals surface area (Å²) < 4.78 is 8.23. The standard InChI is InChI=1S/C19H19ClIN5O4/c1-2-11(27)15-13(28)14(29)18(30-15)26-8-23-12-16(24-19(20)25-17(12)26)22-7-9-4-3-5-10(21)6-9/h3-6,8,13-15,18,28-29H,2,7H2,1H3,(H,22,24,25)/t13-,14+,15+,18+/m1/s1. The lowest BCUT2D eigenvalue weighted by molar-refractivity contribution is -0.135. The molecule has 0 saturated carbocycles. The summed E-state index contributed by atoms with van der Waals surface area (Å²) in [6.45, 7) is 2.17. The highest BCUT2D eigenvalue weighted by Gasteiger charge is 2.47. The van der Waals surface area contributed by atoms with Crippen molar-refractivity contribution in [1.29, 1.82) is 0 Å². The molecule has 158 valence electrons. The summed E-state index contributed by atoms with van der Waals surface area (Å²) in [5.74, 6) is 0.137. The number of aliphatic hydroxyl groups is 2. The predicted molar refractivity (Wildman–Crippen MR) is 118 cm³/mol. The Hall–Kier alpha value is -1.86. The molecule has 0 bridgehead atoms. The zero-order chi connectivity index (χ0) is 21.4. The molecule has 4 rings (SSSR count). The molecule has 1 saturated heterocycles. The van der Waals surface area contributed by atoms with Crippen LogP contribution in [0.15, 0.2) is 30.6 Å². The van der Waals surface area contributed by atoms with Crippen LogP contribution in [-0.4, -0.2) is 53.8 Å². The third-order valence-corrected chi connectivity index (χ3v) is 5.76. The van der Waals surface area contributed by atoms with Gasteiger partial charge in [-0.1, -0.05) is 19.1 Å². The van der Waals surface area contributed by atoms with Gasteiger partial charge in [0, 0.05) is 16.5 Å². The fraction of sp³-hybridized carbons (Fsp3) is 0.368. The first-order chi connectivity index (χ1) is 14.4. The van der Waals surface area contributed by atoms with Crippen LogP contribution in [0.2, 0.25) is 5.28 Å². The van der Waals surface area contributed by atoms with Crippen molar-refractivity contribution in [2.75, 3.05) is 5.32 Å². The van der Waals surface area contributed by atoms with E-state index in [-0.39, 0.29) is 17.5 Å². The first kappa shape index (κ1) is 21.4. The SMILES string of the molecule is CCC(=O)[C@@H]1O[C@H](n2cnc3c(NCc4cccc(I)c4)nc(Cl)nc32)[C@@H](O)[C@H]1O. The summed E-state index contributed by atoms with van der Waals surface area (Å²) in [7, 11) is 0. The average Bonchev–Trinajstić information content (AvgIpc) is 3.27. The molecule has 9 nitrogen and oxygen atoms in total. The molecule has 3 aromatic rings. The van der Waals surface area contributed by atoms with Crippen molar-refractivity contribution in [2.45, 2.75) is 44.4 Å². The molecule has 0 aliphatic carbocycles. The number of Topliss-reactive ketones (excluding diaryl/α,β-unsaturated/α-hetero) is 1. The molecule has 1 fully saturated rings. The third kappa shape index (κ3) is 4.02. The summed E-state index contributed by atoms with van der Waals surface area (Å²) in [4.78, 5) is 24.8. The first-order valence-corrected chi connectivity index (χ1v) is 10.8. The quantitative estimate of drug-likeness (QED) is 0.320. The summed E-state index contributed by atoms with van der Waals surface area (Å²) in [5, 5.41) is 23.9. The van der Waals surface area contributed by atoms with Crippen LogP contribution >= 0.6 is 34.2 Å². The summed E-state index contributed by atoms with van der Waals surface area (Å²) in [6, 6.07) is 8.00. The fourth-order valence-corrected chi connectivity index (χ4v) is 4.16. The molecule has 2 aromatic heterocycles. The van der Waals surface area contributed by atoms with Crippen molar-refractivity contribution in [2.24, 2.45) is 0 Å². The summed E-state index contributed by atoms with van der Waals surface area (Å²) in [6.07, 6.45) is -3.18. The Morgan fingerprint density at radius 2 is 2.13 bits per heavy atom. The second-order valence-corrected chi connectivity index (χ2v) is 8.48. The number of anilines is 1. The van der Waals surface area contributed by atoms with E-state index in [0.717, 1.165) is 9.13 Å². The number of fused-ring (bicyclic) bond motifs is 1. The van der Waals surface area contributed by atoms with E-state index >= 15 is 0 Å². The zero-order valence-corrected chi connectivity index (χ0v) is 18.8. The lowest BCUT2D eigenvalue weighted by atomic mass is 10.1. The van der Waals surface area contributed by atoms with Crippen LogP contribution in [0.1, 0.15) is 25.1 Å². The third-order valence-electron chi connectivity index (χ3n) is 4.92. The van der Waals surface area contributed by atoms with Crippen molar-refractivity contribution in [3.8, 4) is 0 Å². The number of carbonyl (C=O) groups is 1. The van der Waals surface area contributed by atoms with E-state index in [1.807, 2.05) is 24.3 Å². The van der Waals surface area contributed by atoms with E-state index in [2.05, 4.69) is 42.9 Å². The largest absolute Gasteiger partial charge is 0.387 e.